The second-order valence-electron chi connectivity index (χ2n) is 6.77. The van der Waals surface area contributed by atoms with Crippen molar-refractivity contribution in [1.29, 1.82) is 0 Å². The van der Waals surface area contributed by atoms with E-state index < -0.39 is 0 Å². The molecule has 0 aliphatic carbocycles. The number of nitrogens with one attached hydrogen (secondary N) is 1. The van der Waals surface area contributed by atoms with Crippen molar-refractivity contribution in [1.82, 2.24) is 14.7 Å². The number of rotatable bonds is 3. The van der Waals surface area contributed by atoms with Crippen LogP contribution in [0.1, 0.15) is 18.5 Å². The van der Waals surface area contributed by atoms with Crippen LogP contribution in [0.25, 0.3) is 0 Å². The predicted octanol–water partition coefficient (Wildman–Crippen LogP) is 1.42. The Morgan fingerprint density at radius 1 is 1.32 bits per heavy atom. The van der Waals surface area contributed by atoms with Gasteiger partial charge in [0, 0.05) is 19.3 Å². The number of nitrogens with zero attached hydrogens (tertiary/aromatic N) is 4. The largest absolute Gasteiger partial charge is 0.323 e. The summed E-state index contributed by atoms with van der Waals surface area (Å²) in [7, 11) is 0. The Balaban J connectivity index is 1.46. The van der Waals surface area contributed by atoms with E-state index in [1.807, 2.05) is 55.2 Å². The van der Waals surface area contributed by atoms with E-state index in [9.17, 15) is 9.59 Å². The fourth-order valence-corrected chi connectivity index (χ4v) is 3.42. The molecule has 1 fully saturated rings. The Labute approximate surface area is 146 Å². The summed E-state index contributed by atoms with van der Waals surface area (Å²) in [6, 6.07) is 7.44. The first kappa shape index (κ1) is 15.8. The number of carbonyl (C=O) groups is 2. The summed E-state index contributed by atoms with van der Waals surface area (Å²) in [6.07, 6.45) is 3.88. The zero-order valence-corrected chi connectivity index (χ0v) is 14.3. The maximum atomic E-state index is 13.0. The molecule has 1 atom stereocenters. The molecule has 0 saturated carbocycles. The van der Waals surface area contributed by atoms with Crippen LogP contribution in [0.15, 0.2) is 36.7 Å². The number of likely N-dealkylation sites (tertiary alicyclic amines) is 1. The number of hydrogen-bond donors (Lipinski definition) is 1. The Morgan fingerprint density at radius 2 is 2.08 bits per heavy atom. The third kappa shape index (κ3) is 2.80. The average molecular weight is 339 g/mol. The lowest BCUT2D eigenvalue weighted by molar-refractivity contribution is -0.127. The topological polar surface area (TPSA) is 70.5 Å². The first-order valence-corrected chi connectivity index (χ1v) is 8.48. The number of aryl methyl sites for hydroxylation is 1. The Kier molecular flexibility index (Phi) is 3.80. The molecule has 1 saturated heterocycles. The lowest BCUT2D eigenvalue weighted by Crippen LogP contribution is -2.58. The fraction of sp³-hybridized carbons (Fsp3) is 0.389. The van der Waals surface area contributed by atoms with Gasteiger partial charge in [-0.15, -0.1) is 0 Å². The molecule has 7 nitrogen and oxygen atoms in total. The number of amides is 2. The van der Waals surface area contributed by atoms with Crippen molar-refractivity contribution in [2.75, 3.05) is 29.9 Å². The molecule has 130 valence electrons. The van der Waals surface area contributed by atoms with Crippen molar-refractivity contribution < 1.29 is 9.59 Å². The van der Waals surface area contributed by atoms with Gasteiger partial charge >= 0.3 is 0 Å². The standard InChI is InChI=1S/C18H21N5O2/c1-12-7-19-23(8-12)14-9-21(10-14)13(2)18(25)22-11-17(24)20-15-5-3-4-6-16(15)22/h3-8,13-14H,9-11H2,1-2H3,(H,20,24)/t13-/m0/s1. The summed E-state index contributed by atoms with van der Waals surface area (Å²) in [5.41, 5.74) is 2.59. The zero-order chi connectivity index (χ0) is 17.6. The van der Waals surface area contributed by atoms with Gasteiger partial charge in [0.15, 0.2) is 0 Å². The highest BCUT2D eigenvalue weighted by molar-refractivity contribution is 6.11. The van der Waals surface area contributed by atoms with Crippen LogP contribution in [0.5, 0.6) is 0 Å². The molecule has 4 rings (SSSR count). The lowest BCUT2D eigenvalue weighted by Gasteiger charge is -2.44. The van der Waals surface area contributed by atoms with Crippen LogP contribution >= 0.6 is 0 Å². The van der Waals surface area contributed by atoms with Gasteiger partial charge in [0.1, 0.15) is 6.54 Å². The van der Waals surface area contributed by atoms with Gasteiger partial charge in [0.25, 0.3) is 0 Å². The molecule has 7 heteroatoms. The van der Waals surface area contributed by atoms with E-state index in [0.29, 0.717) is 11.7 Å². The zero-order valence-electron chi connectivity index (χ0n) is 14.3. The van der Waals surface area contributed by atoms with Gasteiger partial charge in [0.05, 0.1) is 29.7 Å². The van der Waals surface area contributed by atoms with E-state index in [0.717, 1.165) is 24.3 Å². The van der Waals surface area contributed by atoms with Crippen molar-refractivity contribution >= 4 is 23.2 Å². The minimum absolute atomic E-state index is 0.0441. The monoisotopic (exact) mass is 339 g/mol. The van der Waals surface area contributed by atoms with Gasteiger partial charge in [-0.25, -0.2) is 0 Å². The van der Waals surface area contributed by atoms with Crippen molar-refractivity contribution in [2.45, 2.75) is 25.9 Å². The van der Waals surface area contributed by atoms with E-state index in [2.05, 4.69) is 15.3 Å². The average Bonchev–Trinajstić information content (AvgIpc) is 2.97. The van der Waals surface area contributed by atoms with E-state index in [4.69, 9.17) is 0 Å². The minimum Gasteiger partial charge on any atom is -0.323 e. The Bertz CT molecular complexity index is 824. The van der Waals surface area contributed by atoms with Crippen molar-refractivity contribution in [3.05, 3.63) is 42.2 Å². The molecular formula is C18H21N5O2. The minimum atomic E-state index is -0.271. The molecule has 1 aromatic heterocycles. The van der Waals surface area contributed by atoms with Gasteiger partial charge in [-0.1, -0.05) is 12.1 Å². The molecule has 0 bridgehead atoms. The second kappa shape index (κ2) is 6.00. The molecule has 1 aromatic carbocycles. The third-order valence-corrected chi connectivity index (χ3v) is 4.94. The summed E-state index contributed by atoms with van der Waals surface area (Å²) >= 11 is 0. The maximum absolute atomic E-state index is 13.0. The van der Waals surface area contributed by atoms with Crippen LogP contribution in [0.2, 0.25) is 0 Å². The molecule has 1 N–H and O–H groups in total. The third-order valence-electron chi connectivity index (χ3n) is 4.94. The number of hydrogen-bond acceptors (Lipinski definition) is 4. The number of carbonyl (C=O) groups excluding carboxylic acids is 2. The smallest absolute Gasteiger partial charge is 0.244 e. The van der Waals surface area contributed by atoms with E-state index >= 15 is 0 Å². The van der Waals surface area contributed by atoms with Crippen molar-refractivity contribution in [2.24, 2.45) is 0 Å². The first-order valence-electron chi connectivity index (χ1n) is 8.48. The highest BCUT2D eigenvalue weighted by Crippen LogP contribution is 2.31. The quantitative estimate of drug-likeness (QED) is 0.918. The fourth-order valence-electron chi connectivity index (χ4n) is 3.42. The van der Waals surface area contributed by atoms with Crippen LogP contribution < -0.4 is 10.2 Å². The molecule has 2 aliphatic rings. The molecular weight excluding hydrogens is 318 g/mol. The highest BCUT2D eigenvalue weighted by Gasteiger charge is 2.38. The van der Waals surface area contributed by atoms with Crippen LogP contribution in [-0.4, -0.2) is 52.2 Å². The summed E-state index contributed by atoms with van der Waals surface area (Å²) in [5.74, 6) is -0.204. The molecule has 0 spiro atoms. The number of para-hydroxylation sites is 2. The van der Waals surface area contributed by atoms with Gasteiger partial charge in [-0.2, -0.15) is 5.10 Å². The van der Waals surface area contributed by atoms with E-state index in [1.165, 1.54) is 0 Å². The van der Waals surface area contributed by atoms with Gasteiger partial charge in [0.2, 0.25) is 11.8 Å². The van der Waals surface area contributed by atoms with E-state index in [-0.39, 0.29) is 24.4 Å². The van der Waals surface area contributed by atoms with Crippen LogP contribution in [0.3, 0.4) is 0 Å². The summed E-state index contributed by atoms with van der Waals surface area (Å²) in [6.45, 7) is 5.56. The normalized spacial score (nSPS) is 19.1. The molecule has 2 amide bonds. The summed E-state index contributed by atoms with van der Waals surface area (Å²) < 4.78 is 1.96. The Hall–Kier alpha value is -2.67. The summed E-state index contributed by atoms with van der Waals surface area (Å²) in [4.78, 5) is 28.6. The molecule has 2 aliphatic heterocycles. The number of anilines is 2. The molecule has 0 radical (unpaired) electrons. The van der Waals surface area contributed by atoms with E-state index in [1.54, 1.807) is 4.90 Å². The van der Waals surface area contributed by atoms with Crippen LogP contribution in [-0.2, 0) is 9.59 Å². The molecule has 2 aromatic rings. The lowest BCUT2D eigenvalue weighted by atomic mass is 10.0. The second-order valence-corrected chi connectivity index (χ2v) is 6.77. The maximum Gasteiger partial charge on any atom is 0.244 e. The van der Waals surface area contributed by atoms with Gasteiger partial charge in [-0.05, 0) is 31.5 Å². The van der Waals surface area contributed by atoms with Crippen LogP contribution in [0, 0.1) is 6.92 Å². The predicted molar refractivity (Wildman–Crippen MR) is 94.5 cm³/mol. The van der Waals surface area contributed by atoms with Gasteiger partial charge < -0.3 is 5.32 Å². The molecule has 0 unspecified atom stereocenters. The number of fused-ring (bicyclic) bond motifs is 1. The molecule has 3 heterocycles. The first-order chi connectivity index (χ1) is 12.0. The SMILES string of the molecule is Cc1cnn(C2CN([C@@H](C)C(=O)N3CC(=O)Nc4ccccc43)C2)c1. The summed E-state index contributed by atoms with van der Waals surface area (Å²) in [5, 5.41) is 7.16. The highest BCUT2D eigenvalue weighted by atomic mass is 16.2. The number of aromatic nitrogens is 2. The van der Waals surface area contributed by atoms with Crippen LogP contribution in [0.4, 0.5) is 11.4 Å². The number of benzene rings is 1. The van der Waals surface area contributed by atoms with Crippen molar-refractivity contribution in [3.8, 4) is 0 Å². The Morgan fingerprint density at radius 3 is 2.80 bits per heavy atom. The van der Waals surface area contributed by atoms with Gasteiger partial charge in [-0.3, -0.25) is 24.1 Å². The van der Waals surface area contributed by atoms with Crippen molar-refractivity contribution in [3.63, 3.8) is 0 Å². The molecule has 25 heavy (non-hydrogen) atoms.